The van der Waals surface area contributed by atoms with Crippen LogP contribution in [0.25, 0.3) is 0 Å². The van der Waals surface area contributed by atoms with Gasteiger partial charge in [0.25, 0.3) is 6.43 Å². The maximum atomic E-state index is 11.9. The molecule has 1 aliphatic carbocycles. The lowest BCUT2D eigenvalue weighted by molar-refractivity contribution is -0.127. The third-order valence-electron chi connectivity index (χ3n) is 3.06. The van der Waals surface area contributed by atoms with Crippen LogP contribution in [-0.2, 0) is 4.79 Å². The lowest BCUT2D eigenvalue weighted by atomic mass is 9.79. The Morgan fingerprint density at radius 3 is 2.73 bits per heavy atom. The van der Waals surface area contributed by atoms with E-state index in [0.29, 0.717) is 12.3 Å². The molecule has 15 heavy (non-hydrogen) atoms. The zero-order chi connectivity index (χ0) is 11.4. The smallest absolute Gasteiger partial charge is 0.255 e. The number of halogens is 2. The van der Waals surface area contributed by atoms with E-state index in [-0.39, 0.29) is 17.9 Å². The summed E-state index contributed by atoms with van der Waals surface area (Å²) in [6.45, 7) is 1.50. The van der Waals surface area contributed by atoms with Crippen molar-refractivity contribution in [2.24, 2.45) is 17.6 Å². The molecule has 3 N–H and O–H groups in total. The van der Waals surface area contributed by atoms with E-state index in [1.54, 1.807) is 0 Å². The summed E-state index contributed by atoms with van der Waals surface area (Å²) in [6.07, 6.45) is -0.223. The molecule has 1 fully saturated rings. The van der Waals surface area contributed by atoms with Crippen LogP contribution in [0.4, 0.5) is 8.78 Å². The number of rotatable bonds is 3. The minimum absolute atomic E-state index is 0.0149. The molecule has 0 aromatic rings. The fourth-order valence-corrected chi connectivity index (χ4v) is 1.92. The number of hydrogen-bond acceptors (Lipinski definition) is 2. The maximum Gasteiger partial charge on any atom is 0.255 e. The second-order valence-corrected chi connectivity index (χ2v) is 4.29. The Bertz CT molecular complexity index is 223. The molecule has 1 saturated carbocycles. The number of alkyl halides is 2. The first kappa shape index (κ1) is 12.4. The summed E-state index contributed by atoms with van der Waals surface area (Å²) in [7, 11) is 0. The Hall–Kier alpha value is -0.710. The third-order valence-corrected chi connectivity index (χ3v) is 3.06. The van der Waals surface area contributed by atoms with Crippen LogP contribution in [-0.4, -0.2) is 24.9 Å². The van der Waals surface area contributed by atoms with Crippen LogP contribution in [0.1, 0.15) is 26.2 Å². The molecule has 0 aliphatic heterocycles. The van der Waals surface area contributed by atoms with Crippen LogP contribution >= 0.6 is 0 Å². The van der Waals surface area contributed by atoms with E-state index < -0.39 is 13.0 Å². The summed E-state index contributed by atoms with van der Waals surface area (Å²) in [4.78, 5) is 11.5. The lowest BCUT2D eigenvalue weighted by Crippen LogP contribution is -2.42. The largest absolute Gasteiger partial charge is 0.350 e. The van der Waals surface area contributed by atoms with Crippen LogP contribution < -0.4 is 11.1 Å². The molecule has 5 heteroatoms. The van der Waals surface area contributed by atoms with Crippen LogP contribution in [0.5, 0.6) is 0 Å². The molecular weight excluding hydrogens is 202 g/mol. The van der Waals surface area contributed by atoms with Crippen LogP contribution in [0.3, 0.4) is 0 Å². The van der Waals surface area contributed by atoms with E-state index in [2.05, 4.69) is 12.2 Å². The van der Waals surface area contributed by atoms with Gasteiger partial charge in [0.15, 0.2) is 0 Å². The highest BCUT2D eigenvalue weighted by Gasteiger charge is 2.29. The predicted molar refractivity (Wildman–Crippen MR) is 53.5 cm³/mol. The van der Waals surface area contributed by atoms with Crippen molar-refractivity contribution >= 4 is 5.91 Å². The number of hydrogen-bond donors (Lipinski definition) is 2. The van der Waals surface area contributed by atoms with Gasteiger partial charge < -0.3 is 11.1 Å². The van der Waals surface area contributed by atoms with E-state index >= 15 is 0 Å². The summed E-state index contributed by atoms with van der Waals surface area (Å²) in [5.74, 6) is -0.0447. The molecule has 0 bridgehead atoms. The van der Waals surface area contributed by atoms with Gasteiger partial charge in [-0.25, -0.2) is 8.78 Å². The predicted octanol–water partition coefficient (Wildman–Crippen LogP) is 1.13. The van der Waals surface area contributed by atoms with E-state index in [9.17, 15) is 13.6 Å². The average molecular weight is 220 g/mol. The Kier molecular flexibility index (Phi) is 4.45. The topological polar surface area (TPSA) is 55.1 Å². The van der Waals surface area contributed by atoms with Crippen LogP contribution in [0.15, 0.2) is 0 Å². The van der Waals surface area contributed by atoms with Crippen molar-refractivity contribution in [1.29, 1.82) is 0 Å². The summed E-state index contributed by atoms with van der Waals surface area (Å²) in [5, 5.41) is 2.24. The summed E-state index contributed by atoms with van der Waals surface area (Å²) >= 11 is 0. The normalized spacial score (nSPS) is 31.7. The standard InChI is InChI=1S/C10H18F2N2O/c1-6-2-3-7(4-8(6)13)10(15)14-5-9(11)12/h6-9H,2-5,13H2,1H3,(H,14,15). The quantitative estimate of drug-likeness (QED) is 0.749. The minimum atomic E-state index is -2.48. The third kappa shape index (κ3) is 3.74. The van der Waals surface area contributed by atoms with Crippen LogP contribution in [0.2, 0.25) is 0 Å². The van der Waals surface area contributed by atoms with Gasteiger partial charge in [0.05, 0.1) is 6.54 Å². The molecule has 0 aromatic carbocycles. The summed E-state index contributed by atoms with van der Waals surface area (Å²) in [5.41, 5.74) is 5.83. The lowest BCUT2D eigenvalue weighted by Gasteiger charge is -2.30. The van der Waals surface area contributed by atoms with Crippen molar-refractivity contribution in [2.75, 3.05) is 6.54 Å². The van der Waals surface area contributed by atoms with Gasteiger partial charge in [-0.15, -0.1) is 0 Å². The maximum absolute atomic E-state index is 11.9. The molecule has 88 valence electrons. The molecule has 0 saturated heterocycles. The van der Waals surface area contributed by atoms with Gasteiger partial charge in [-0.05, 0) is 25.2 Å². The van der Waals surface area contributed by atoms with Gasteiger partial charge in [-0.1, -0.05) is 6.92 Å². The van der Waals surface area contributed by atoms with Crippen molar-refractivity contribution in [2.45, 2.75) is 38.7 Å². The summed E-state index contributed by atoms with van der Waals surface area (Å²) in [6, 6.07) is 0.0149. The number of nitrogens with one attached hydrogen (secondary N) is 1. The Morgan fingerprint density at radius 1 is 1.53 bits per heavy atom. The SMILES string of the molecule is CC1CCC(C(=O)NCC(F)F)CC1N. The zero-order valence-corrected chi connectivity index (χ0v) is 8.88. The molecule has 0 spiro atoms. The molecule has 0 radical (unpaired) electrons. The number of amides is 1. The first-order valence-electron chi connectivity index (χ1n) is 5.32. The highest BCUT2D eigenvalue weighted by molar-refractivity contribution is 5.78. The second kappa shape index (κ2) is 5.39. The molecular formula is C10H18F2N2O. The van der Waals surface area contributed by atoms with Gasteiger partial charge in [0.1, 0.15) is 0 Å². The van der Waals surface area contributed by atoms with E-state index in [1.165, 1.54) is 0 Å². The Labute approximate surface area is 88.4 Å². The number of carbonyl (C=O) groups is 1. The van der Waals surface area contributed by atoms with Gasteiger partial charge in [0, 0.05) is 12.0 Å². The zero-order valence-electron chi connectivity index (χ0n) is 8.88. The van der Waals surface area contributed by atoms with Crippen LogP contribution in [0, 0.1) is 11.8 Å². The molecule has 0 heterocycles. The Morgan fingerprint density at radius 2 is 2.20 bits per heavy atom. The van der Waals surface area contributed by atoms with Gasteiger partial charge in [-0.2, -0.15) is 0 Å². The highest BCUT2D eigenvalue weighted by atomic mass is 19.3. The number of nitrogens with two attached hydrogens (primary N) is 1. The van der Waals surface area contributed by atoms with Crippen molar-refractivity contribution in [3.63, 3.8) is 0 Å². The van der Waals surface area contributed by atoms with E-state index in [0.717, 1.165) is 12.8 Å². The first-order chi connectivity index (χ1) is 7.00. The van der Waals surface area contributed by atoms with Crippen molar-refractivity contribution in [1.82, 2.24) is 5.32 Å². The summed E-state index contributed by atoms with van der Waals surface area (Å²) < 4.78 is 23.7. The molecule has 1 aliphatic rings. The minimum Gasteiger partial charge on any atom is -0.350 e. The van der Waals surface area contributed by atoms with Crippen molar-refractivity contribution in [3.05, 3.63) is 0 Å². The molecule has 1 amide bonds. The number of carbonyl (C=O) groups excluding carboxylic acids is 1. The van der Waals surface area contributed by atoms with Gasteiger partial charge >= 0.3 is 0 Å². The van der Waals surface area contributed by atoms with Crippen molar-refractivity contribution < 1.29 is 13.6 Å². The van der Waals surface area contributed by atoms with Crippen molar-refractivity contribution in [3.8, 4) is 0 Å². The first-order valence-corrected chi connectivity index (χ1v) is 5.32. The molecule has 3 atom stereocenters. The monoisotopic (exact) mass is 220 g/mol. The fourth-order valence-electron chi connectivity index (χ4n) is 1.92. The molecule has 1 rings (SSSR count). The van der Waals surface area contributed by atoms with E-state index in [1.807, 2.05) is 0 Å². The van der Waals surface area contributed by atoms with Gasteiger partial charge in [-0.3, -0.25) is 4.79 Å². The van der Waals surface area contributed by atoms with Gasteiger partial charge in [0.2, 0.25) is 5.91 Å². The fraction of sp³-hybridized carbons (Fsp3) is 0.900. The van der Waals surface area contributed by atoms with E-state index in [4.69, 9.17) is 5.73 Å². The molecule has 3 unspecified atom stereocenters. The molecule has 3 nitrogen and oxygen atoms in total. The second-order valence-electron chi connectivity index (χ2n) is 4.29. The Balaban J connectivity index is 2.34. The molecule has 0 aromatic heterocycles. The highest BCUT2D eigenvalue weighted by Crippen LogP contribution is 2.27. The average Bonchev–Trinajstić information content (AvgIpc) is 2.18.